The fourth-order valence-corrected chi connectivity index (χ4v) is 0. The van der Waals surface area contributed by atoms with Crippen LogP contribution in [-0.4, -0.2) is 17.4 Å². The topological polar surface area (TPSA) is 21.9 Å². The summed E-state index contributed by atoms with van der Waals surface area (Å²) >= 11 is 14.4. The maximum Gasteiger partial charge on any atom is 0.180 e. The zero-order valence-corrected chi connectivity index (χ0v) is 5.89. The standard InChI is InChI=1S/C2H5N.CHCl3/c1-2-3-1;2-1(3)4/h3H,1-2H2;1H. The van der Waals surface area contributed by atoms with Crippen molar-refractivity contribution in [2.24, 2.45) is 0 Å². The van der Waals surface area contributed by atoms with Gasteiger partial charge >= 0.3 is 0 Å². The third kappa shape index (κ3) is 47.6. The van der Waals surface area contributed by atoms with E-state index in [2.05, 4.69) is 5.32 Å². The van der Waals surface area contributed by atoms with Gasteiger partial charge < -0.3 is 5.32 Å². The van der Waals surface area contributed by atoms with Crippen molar-refractivity contribution >= 4 is 34.8 Å². The maximum absolute atomic E-state index is 4.81. The van der Waals surface area contributed by atoms with Gasteiger partial charge in [0.15, 0.2) is 4.30 Å². The third-order valence-electron chi connectivity index (χ3n) is 0.250. The summed E-state index contributed by atoms with van der Waals surface area (Å²) in [6.07, 6.45) is 0. The number of rotatable bonds is 0. The molecular formula is C3H6Cl3N. The van der Waals surface area contributed by atoms with Gasteiger partial charge in [-0.05, 0) is 0 Å². The quantitative estimate of drug-likeness (QED) is 0.424. The van der Waals surface area contributed by atoms with Crippen LogP contribution in [0, 0.1) is 0 Å². The SMILES string of the molecule is C1CN1.ClC(Cl)Cl. The summed E-state index contributed by atoms with van der Waals surface area (Å²) in [5.74, 6) is 0. The van der Waals surface area contributed by atoms with E-state index in [0.717, 1.165) is 0 Å². The second-order valence-corrected chi connectivity index (χ2v) is 2.98. The highest BCUT2D eigenvalue weighted by Crippen LogP contribution is 2.03. The highest BCUT2D eigenvalue weighted by atomic mass is 35.6. The molecule has 0 aromatic carbocycles. The predicted octanol–water partition coefficient (Wildman–Crippen LogP) is 1.58. The molecule has 1 heterocycles. The van der Waals surface area contributed by atoms with Crippen molar-refractivity contribution in [2.45, 2.75) is 4.30 Å². The summed E-state index contributed by atoms with van der Waals surface area (Å²) in [5, 5.41) is 3.00. The zero-order chi connectivity index (χ0) is 5.70. The van der Waals surface area contributed by atoms with Crippen molar-refractivity contribution in [3.05, 3.63) is 0 Å². The normalized spacial score (nSPS) is 15.4. The molecule has 0 spiro atoms. The molecule has 1 fully saturated rings. The lowest BCUT2D eigenvalue weighted by molar-refractivity contribution is 1.34. The van der Waals surface area contributed by atoms with Crippen LogP contribution in [0.1, 0.15) is 0 Å². The molecule has 0 aromatic rings. The zero-order valence-electron chi connectivity index (χ0n) is 3.63. The smallest absolute Gasteiger partial charge is 0.180 e. The van der Waals surface area contributed by atoms with Gasteiger partial charge in [0, 0.05) is 13.1 Å². The molecule has 1 N–H and O–H groups in total. The molecule has 4 heteroatoms. The Morgan fingerprint density at radius 1 is 1.14 bits per heavy atom. The largest absolute Gasteiger partial charge is 0.314 e. The van der Waals surface area contributed by atoms with E-state index >= 15 is 0 Å². The first-order valence-corrected chi connectivity index (χ1v) is 3.17. The third-order valence-corrected chi connectivity index (χ3v) is 0.250. The molecule has 7 heavy (non-hydrogen) atoms. The minimum absolute atomic E-state index is 0.750. The lowest BCUT2D eigenvalue weighted by Gasteiger charge is -1.69. The van der Waals surface area contributed by atoms with E-state index in [1.54, 1.807) is 0 Å². The second-order valence-electron chi connectivity index (χ2n) is 0.997. The van der Waals surface area contributed by atoms with Crippen LogP contribution in [0.5, 0.6) is 0 Å². The van der Waals surface area contributed by atoms with Crippen LogP contribution < -0.4 is 5.32 Å². The van der Waals surface area contributed by atoms with Crippen molar-refractivity contribution in [2.75, 3.05) is 13.1 Å². The van der Waals surface area contributed by atoms with Gasteiger partial charge in [-0.2, -0.15) is 0 Å². The molecule has 1 aliphatic heterocycles. The van der Waals surface area contributed by atoms with E-state index in [0.29, 0.717) is 0 Å². The van der Waals surface area contributed by atoms with Crippen LogP contribution in [0.3, 0.4) is 0 Å². The molecule has 0 aliphatic carbocycles. The van der Waals surface area contributed by atoms with Gasteiger partial charge in [-0.15, -0.1) is 0 Å². The molecule has 1 nitrogen and oxygen atoms in total. The summed E-state index contributed by atoms with van der Waals surface area (Å²) in [7, 11) is 0. The molecule has 0 bridgehead atoms. The Balaban J connectivity index is 0.000000105. The van der Waals surface area contributed by atoms with Crippen LogP contribution in [-0.2, 0) is 0 Å². The van der Waals surface area contributed by atoms with Crippen LogP contribution in [0.2, 0.25) is 0 Å². The predicted molar refractivity (Wildman–Crippen MR) is 34.2 cm³/mol. The van der Waals surface area contributed by atoms with Crippen LogP contribution in [0.15, 0.2) is 0 Å². The molecule has 1 rings (SSSR count). The van der Waals surface area contributed by atoms with Gasteiger partial charge in [-0.25, -0.2) is 0 Å². The van der Waals surface area contributed by atoms with E-state index in [-0.39, 0.29) is 0 Å². The molecule has 0 radical (unpaired) electrons. The van der Waals surface area contributed by atoms with Gasteiger partial charge in [0.05, 0.1) is 0 Å². The van der Waals surface area contributed by atoms with Crippen LogP contribution >= 0.6 is 34.8 Å². The molecule has 0 saturated carbocycles. The Labute approximate surface area is 57.9 Å². The highest BCUT2D eigenvalue weighted by Gasteiger charge is 1.91. The monoisotopic (exact) mass is 161 g/mol. The molecule has 1 saturated heterocycles. The molecule has 1 aliphatic rings. The van der Waals surface area contributed by atoms with Crippen molar-refractivity contribution in [3.8, 4) is 0 Å². The van der Waals surface area contributed by atoms with E-state index in [1.165, 1.54) is 13.1 Å². The van der Waals surface area contributed by atoms with Gasteiger partial charge in [0.25, 0.3) is 0 Å². The summed E-state index contributed by atoms with van der Waals surface area (Å²) in [6, 6.07) is 0. The minimum atomic E-state index is -0.750. The average molecular weight is 162 g/mol. The number of hydrogen-bond donors (Lipinski definition) is 1. The van der Waals surface area contributed by atoms with Crippen molar-refractivity contribution < 1.29 is 0 Å². The summed E-state index contributed by atoms with van der Waals surface area (Å²) < 4.78 is -0.750. The lowest BCUT2D eigenvalue weighted by Crippen LogP contribution is -1.56. The summed E-state index contributed by atoms with van der Waals surface area (Å²) in [4.78, 5) is 0. The average Bonchev–Trinajstić information content (AvgIpc) is 2.02. The fraction of sp³-hybridized carbons (Fsp3) is 1.00. The first-order chi connectivity index (χ1) is 3.23. The van der Waals surface area contributed by atoms with Crippen molar-refractivity contribution in [3.63, 3.8) is 0 Å². The van der Waals surface area contributed by atoms with Crippen molar-refractivity contribution in [1.82, 2.24) is 5.32 Å². The Morgan fingerprint density at radius 3 is 1.29 bits per heavy atom. The minimum Gasteiger partial charge on any atom is -0.314 e. The number of nitrogens with one attached hydrogen (secondary N) is 1. The Morgan fingerprint density at radius 2 is 1.29 bits per heavy atom. The Kier molecular flexibility index (Phi) is 5.57. The fourth-order valence-electron chi connectivity index (χ4n) is 0. The molecular weight excluding hydrogens is 156 g/mol. The lowest BCUT2D eigenvalue weighted by atomic mass is 11.0. The number of alkyl halides is 3. The Bertz CT molecular complexity index is 31.7. The van der Waals surface area contributed by atoms with E-state index < -0.39 is 4.30 Å². The second kappa shape index (κ2) is 4.98. The Hall–Kier alpha value is 0.830. The number of halogens is 3. The van der Waals surface area contributed by atoms with Gasteiger partial charge in [0.2, 0.25) is 0 Å². The first kappa shape index (κ1) is 7.83. The highest BCUT2D eigenvalue weighted by molar-refractivity contribution is 6.63. The molecule has 44 valence electrons. The van der Waals surface area contributed by atoms with Gasteiger partial charge in [-0.3, -0.25) is 0 Å². The first-order valence-electron chi connectivity index (χ1n) is 1.86. The van der Waals surface area contributed by atoms with Gasteiger partial charge in [-0.1, -0.05) is 34.8 Å². The van der Waals surface area contributed by atoms with Crippen LogP contribution in [0.4, 0.5) is 0 Å². The molecule has 0 aromatic heterocycles. The van der Waals surface area contributed by atoms with E-state index in [9.17, 15) is 0 Å². The maximum atomic E-state index is 4.81. The van der Waals surface area contributed by atoms with Crippen molar-refractivity contribution in [1.29, 1.82) is 0 Å². The molecule has 0 atom stereocenters. The number of hydrogen-bond acceptors (Lipinski definition) is 1. The molecule has 0 amide bonds. The van der Waals surface area contributed by atoms with E-state index in [4.69, 9.17) is 34.8 Å². The van der Waals surface area contributed by atoms with Gasteiger partial charge in [0.1, 0.15) is 0 Å². The summed E-state index contributed by atoms with van der Waals surface area (Å²) in [6.45, 7) is 2.50. The van der Waals surface area contributed by atoms with E-state index in [1.807, 2.05) is 0 Å². The molecule has 0 unspecified atom stereocenters. The van der Waals surface area contributed by atoms with Crippen LogP contribution in [0.25, 0.3) is 0 Å². The summed E-state index contributed by atoms with van der Waals surface area (Å²) in [5.41, 5.74) is 0.